The Morgan fingerprint density at radius 1 is 1.25 bits per heavy atom. The number of amides is 1. The molecule has 0 aliphatic carbocycles. The summed E-state index contributed by atoms with van der Waals surface area (Å²) in [6, 6.07) is 9.29. The summed E-state index contributed by atoms with van der Waals surface area (Å²) in [5.74, 6) is 6.16. The fourth-order valence-electron chi connectivity index (χ4n) is 1.89. The van der Waals surface area contributed by atoms with Crippen molar-refractivity contribution in [1.82, 2.24) is 10.3 Å². The molecule has 1 aromatic carbocycles. The van der Waals surface area contributed by atoms with Crippen molar-refractivity contribution in [1.29, 1.82) is 0 Å². The highest BCUT2D eigenvalue weighted by Crippen LogP contribution is 2.20. The van der Waals surface area contributed by atoms with Crippen LogP contribution in [0.15, 0.2) is 30.3 Å². The minimum atomic E-state index is -0.110. The fraction of sp³-hybridized carbons (Fsp3) is 0.333. The molecule has 0 bridgehead atoms. The number of nitrogen functional groups attached to an aromatic ring is 1. The summed E-state index contributed by atoms with van der Waals surface area (Å²) in [5.41, 5.74) is 3.82. The maximum atomic E-state index is 12.4. The number of benzene rings is 1. The molecule has 0 aliphatic heterocycles. The van der Waals surface area contributed by atoms with Crippen molar-refractivity contribution in [2.45, 2.75) is 26.8 Å². The SMILES string of the molecule is CC(C)C(C)NC(=O)c1cc(NN)nc2ccccc12. The highest BCUT2D eigenvalue weighted by atomic mass is 16.1. The first kappa shape index (κ1) is 14.3. The molecule has 2 aromatic rings. The number of hydrazine groups is 1. The molecule has 0 aliphatic rings. The number of fused-ring (bicyclic) bond motifs is 1. The van der Waals surface area contributed by atoms with Crippen molar-refractivity contribution in [2.24, 2.45) is 11.8 Å². The van der Waals surface area contributed by atoms with Gasteiger partial charge in [-0.3, -0.25) is 4.79 Å². The second-order valence-electron chi connectivity index (χ2n) is 5.22. The predicted molar refractivity (Wildman–Crippen MR) is 81.3 cm³/mol. The molecule has 106 valence electrons. The van der Waals surface area contributed by atoms with E-state index >= 15 is 0 Å². The smallest absolute Gasteiger partial charge is 0.252 e. The summed E-state index contributed by atoms with van der Waals surface area (Å²) in [4.78, 5) is 16.8. The number of anilines is 1. The van der Waals surface area contributed by atoms with Crippen LogP contribution in [0.3, 0.4) is 0 Å². The maximum Gasteiger partial charge on any atom is 0.252 e. The molecule has 4 N–H and O–H groups in total. The molecule has 20 heavy (non-hydrogen) atoms. The first-order valence-corrected chi connectivity index (χ1v) is 6.70. The summed E-state index contributed by atoms with van der Waals surface area (Å²) in [6.07, 6.45) is 0. The molecule has 0 spiro atoms. The average molecular weight is 272 g/mol. The second-order valence-corrected chi connectivity index (χ2v) is 5.22. The van der Waals surface area contributed by atoms with Gasteiger partial charge in [-0.05, 0) is 25.0 Å². The third kappa shape index (κ3) is 2.88. The largest absolute Gasteiger partial charge is 0.349 e. The van der Waals surface area contributed by atoms with Gasteiger partial charge in [-0.2, -0.15) is 0 Å². The normalized spacial score (nSPS) is 12.4. The van der Waals surface area contributed by atoms with Gasteiger partial charge in [-0.1, -0.05) is 32.0 Å². The van der Waals surface area contributed by atoms with E-state index in [2.05, 4.69) is 29.6 Å². The van der Waals surface area contributed by atoms with Crippen LogP contribution in [0.25, 0.3) is 10.9 Å². The first-order valence-electron chi connectivity index (χ1n) is 6.70. The van der Waals surface area contributed by atoms with Crippen molar-refractivity contribution < 1.29 is 4.79 Å². The number of carbonyl (C=O) groups excluding carboxylic acids is 1. The van der Waals surface area contributed by atoms with E-state index in [1.807, 2.05) is 31.2 Å². The van der Waals surface area contributed by atoms with Crippen LogP contribution < -0.4 is 16.6 Å². The molecule has 2 rings (SSSR count). The van der Waals surface area contributed by atoms with Gasteiger partial charge in [-0.15, -0.1) is 0 Å². The number of nitrogens with zero attached hydrogens (tertiary/aromatic N) is 1. The van der Waals surface area contributed by atoms with E-state index in [1.54, 1.807) is 6.07 Å². The van der Waals surface area contributed by atoms with E-state index in [1.165, 1.54) is 0 Å². The molecule has 0 saturated carbocycles. The van der Waals surface area contributed by atoms with Gasteiger partial charge >= 0.3 is 0 Å². The Kier molecular flexibility index (Phi) is 4.20. The van der Waals surface area contributed by atoms with Crippen LogP contribution in [0.1, 0.15) is 31.1 Å². The number of hydrogen-bond acceptors (Lipinski definition) is 4. The molecule has 1 amide bonds. The Labute approximate surface area is 118 Å². The van der Waals surface area contributed by atoms with E-state index in [-0.39, 0.29) is 11.9 Å². The van der Waals surface area contributed by atoms with Gasteiger partial charge < -0.3 is 10.7 Å². The van der Waals surface area contributed by atoms with E-state index in [0.717, 1.165) is 10.9 Å². The summed E-state index contributed by atoms with van der Waals surface area (Å²) < 4.78 is 0. The molecule has 0 saturated heterocycles. The molecule has 5 heteroatoms. The van der Waals surface area contributed by atoms with Crippen LogP contribution in [-0.2, 0) is 0 Å². The molecule has 1 heterocycles. The molecule has 1 atom stereocenters. The van der Waals surface area contributed by atoms with Crippen LogP contribution in [0, 0.1) is 5.92 Å². The molecule has 1 unspecified atom stereocenters. The zero-order valence-electron chi connectivity index (χ0n) is 12.0. The van der Waals surface area contributed by atoms with E-state index in [0.29, 0.717) is 17.3 Å². The molecule has 0 radical (unpaired) electrons. The summed E-state index contributed by atoms with van der Waals surface area (Å²) >= 11 is 0. The summed E-state index contributed by atoms with van der Waals surface area (Å²) in [7, 11) is 0. The lowest BCUT2D eigenvalue weighted by molar-refractivity contribution is 0.0932. The second kappa shape index (κ2) is 5.88. The fourth-order valence-corrected chi connectivity index (χ4v) is 1.89. The number of nitrogens with two attached hydrogens (primary N) is 1. The van der Waals surface area contributed by atoms with Gasteiger partial charge in [0, 0.05) is 11.4 Å². The zero-order valence-corrected chi connectivity index (χ0v) is 12.0. The Hall–Kier alpha value is -2.14. The first-order chi connectivity index (χ1) is 9.52. The predicted octanol–water partition coefficient (Wildman–Crippen LogP) is 2.29. The van der Waals surface area contributed by atoms with Gasteiger partial charge in [0.15, 0.2) is 0 Å². The quantitative estimate of drug-likeness (QED) is 0.589. The van der Waals surface area contributed by atoms with Crippen LogP contribution in [-0.4, -0.2) is 16.9 Å². The lowest BCUT2D eigenvalue weighted by Crippen LogP contribution is -2.36. The third-order valence-corrected chi connectivity index (χ3v) is 3.47. The number of carbonyl (C=O) groups is 1. The molecule has 1 aromatic heterocycles. The minimum absolute atomic E-state index is 0.101. The number of hydrogen-bond donors (Lipinski definition) is 3. The standard InChI is InChI=1S/C15H20N4O/c1-9(2)10(3)17-15(20)12-8-14(19-16)18-13-7-5-4-6-11(12)13/h4-10H,16H2,1-3H3,(H,17,20)(H,18,19). The summed E-state index contributed by atoms with van der Waals surface area (Å²) in [6.45, 7) is 6.14. The Morgan fingerprint density at radius 3 is 2.60 bits per heavy atom. The van der Waals surface area contributed by atoms with Crippen molar-refractivity contribution in [3.8, 4) is 0 Å². The van der Waals surface area contributed by atoms with Gasteiger partial charge in [0.1, 0.15) is 5.82 Å². The lowest BCUT2D eigenvalue weighted by atomic mass is 10.0. The monoisotopic (exact) mass is 272 g/mol. The average Bonchev–Trinajstić information content (AvgIpc) is 2.45. The van der Waals surface area contributed by atoms with Gasteiger partial charge in [-0.25, -0.2) is 10.8 Å². The number of rotatable bonds is 4. The molecular formula is C15H20N4O. The number of nitrogens with one attached hydrogen (secondary N) is 2. The lowest BCUT2D eigenvalue weighted by Gasteiger charge is -2.18. The van der Waals surface area contributed by atoms with E-state index < -0.39 is 0 Å². The number of para-hydroxylation sites is 1. The minimum Gasteiger partial charge on any atom is -0.349 e. The van der Waals surface area contributed by atoms with Crippen LogP contribution >= 0.6 is 0 Å². The van der Waals surface area contributed by atoms with Crippen molar-refractivity contribution >= 4 is 22.6 Å². The summed E-state index contributed by atoms with van der Waals surface area (Å²) in [5, 5.41) is 3.82. The van der Waals surface area contributed by atoms with Gasteiger partial charge in [0.2, 0.25) is 0 Å². The van der Waals surface area contributed by atoms with Crippen molar-refractivity contribution in [2.75, 3.05) is 5.43 Å². The van der Waals surface area contributed by atoms with Crippen molar-refractivity contribution in [3.63, 3.8) is 0 Å². The molecular weight excluding hydrogens is 252 g/mol. The van der Waals surface area contributed by atoms with E-state index in [9.17, 15) is 4.79 Å². The molecule has 0 fully saturated rings. The van der Waals surface area contributed by atoms with Crippen LogP contribution in [0.5, 0.6) is 0 Å². The Balaban J connectivity index is 2.44. The Bertz CT molecular complexity index is 624. The van der Waals surface area contributed by atoms with Crippen molar-refractivity contribution in [3.05, 3.63) is 35.9 Å². The van der Waals surface area contributed by atoms with E-state index in [4.69, 9.17) is 5.84 Å². The highest BCUT2D eigenvalue weighted by Gasteiger charge is 2.16. The third-order valence-electron chi connectivity index (χ3n) is 3.47. The highest BCUT2D eigenvalue weighted by molar-refractivity contribution is 6.07. The zero-order chi connectivity index (χ0) is 14.7. The number of aromatic nitrogens is 1. The van der Waals surface area contributed by atoms with Gasteiger partial charge in [0.25, 0.3) is 5.91 Å². The molecule has 5 nitrogen and oxygen atoms in total. The Morgan fingerprint density at radius 2 is 1.95 bits per heavy atom. The van der Waals surface area contributed by atoms with Crippen LogP contribution in [0.2, 0.25) is 0 Å². The maximum absolute atomic E-state index is 12.4. The van der Waals surface area contributed by atoms with Gasteiger partial charge in [0.05, 0.1) is 11.1 Å². The topological polar surface area (TPSA) is 80.0 Å². The van der Waals surface area contributed by atoms with Crippen LogP contribution in [0.4, 0.5) is 5.82 Å². The number of pyridine rings is 1.